The van der Waals surface area contributed by atoms with E-state index in [9.17, 15) is 0 Å². The van der Waals surface area contributed by atoms with Crippen molar-refractivity contribution in [2.45, 2.75) is 32.6 Å². The molecule has 0 aliphatic heterocycles. The highest BCUT2D eigenvalue weighted by atomic mass is 35.5. The molecule has 0 spiro atoms. The van der Waals surface area contributed by atoms with Gasteiger partial charge in [-0.25, -0.2) is 0 Å². The average Bonchev–Trinajstić information content (AvgIpc) is 2.06. The molecular formula is C10H14ClN. The van der Waals surface area contributed by atoms with E-state index in [0.717, 1.165) is 5.69 Å². The van der Waals surface area contributed by atoms with Crippen LogP contribution in [0.5, 0.6) is 0 Å². The highest BCUT2D eigenvalue weighted by Gasteiger charge is 2.04. The van der Waals surface area contributed by atoms with E-state index in [1.54, 1.807) is 6.20 Å². The van der Waals surface area contributed by atoms with Crippen LogP contribution >= 0.6 is 11.6 Å². The summed E-state index contributed by atoms with van der Waals surface area (Å²) >= 11 is 5.73. The molecule has 0 saturated carbocycles. The molecule has 0 radical (unpaired) electrons. The molecule has 66 valence electrons. The zero-order chi connectivity index (χ0) is 8.97. The third kappa shape index (κ3) is 2.49. The van der Waals surface area contributed by atoms with Crippen LogP contribution in [0.4, 0.5) is 0 Å². The Morgan fingerprint density at radius 3 is 2.75 bits per heavy atom. The molecule has 0 aliphatic carbocycles. The van der Waals surface area contributed by atoms with Gasteiger partial charge in [0.05, 0.1) is 5.02 Å². The van der Waals surface area contributed by atoms with Crippen molar-refractivity contribution in [3.05, 3.63) is 29.0 Å². The lowest BCUT2D eigenvalue weighted by Crippen LogP contribution is -1.95. The molecule has 1 atom stereocenters. The van der Waals surface area contributed by atoms with Crippen molar-refractivity contribution in [1.29, 1.82) is 0 Å². The van der Waals surface area contributed by atoms with Crippen molar-refractivity contribution in [2.75, 3.05) is 0 Å². The highest BCUT2D eigenvalue weighted by molar-refractivity contribution is 6.30. The second kappa shape index (κ2) is 4.46. The van der Waals surface area contributed by atoms with Gasteiger partial charge in [-0.1, -0.05) is 31.9 Å². The minimum atomic E-state index is 0.548. The number of hydrogen-bond acceptors (Lipinski definition) is 1. The zero-order valence-electron chi connectivity index (χ0n) is 7.55. The van der Waals surface area contributed by atoms with E-state index in [-0.39, 0.29) is 0 Å². The second-order valence-corrected chi connectivity index (χ2v) is 3.53. The van der Waals surface area contributed by atoms with Crippen LogP contribution in [0, 0.1) is 0 Å². The molecule has 0 bridgehead atoms. The summed E-state index contributed by atoms with van der Waals surface area (Å²) in [5.74, 6) is 0.548. The standard InChI is InChI=1S/C10H14ClN/c1-3-4-8(2)10-6-5-9(11)7-12-10/h5-8H,3-4H2,1-2H3. The van der Waals surface area contributed by atoms with E-state index in [1.807, 2.05) is 12.1 Å². The van der Waals surface area contributed by atoms with Crippen molar-refractivity contribution in [3.63, 3.8) is 0 Å². The lowest BCUT2D eigenvalue weighted by Gasteiger charge is -2.08. The van der Waals surface area contributed by atoms with Gasteiger partial charge in [-0.3, -0.25) is 4.98 Å². The maximum Gasteiger partial charge on any atom is 0.0589 e. The first-order chi connectivity index (χ1) is 5.74. The molecule has 2 heteroatoms. The molecule has 1 rings (SSSR count). The molecular weight excluding hydrogens is 170 g/mol. The zero-order valence-corrected chi connectivity index (χ0v) is 8.30. The van der Waals surface area contributed by atoms with E-state index >= 15 is 0 Å². The molecule has 1 aromatic heterocycles. The van der Waals surface area contributed by atoms with E-state index < -0.39 is 0 Å². The Kier molecular flexibility index (Phi) is 3.54. The molecule has 0 amide bonds. The molecule has 0 aliphatic rings. The fourth-order valence-corrected chi connectivity index (χ4v) is 1.37. The van der Waals surface area contributed by atoms with Gasteiger partial charge in [0, 0.05) is 11.9 Å². The first-order valence-corrected chi connectivity index (χ1v) is 4.73. The lowest BCUT2D eigenvalue weighted by atomic mass is 10.0. The summed E-state index contributed by atoms with van der Waals surface area (Å²) in [6, 6.07) is 3.90. The van der Waals surface area contributed by atoms with E-state index in [2.05, 4.69) is 18.8 Å². The fraction of sp³-hybridized carbons (Fsp3) is 0.500. The van der Waals surface area contributed by atoms with Gasteiger partial charge in [-0.05, 0) is 24.5 Å². The normalized spacial score (nSPS) is 12.9. The lowest BCUT2D eigenvalue weighted by molar-refractivity contribution is 0.647. The van der Waals surface area contributed by atoms with Crippen molar-refractivity contribution >= 4 is 11.6 Å². The van der Waals surface area contributed by atoms with Crippen LogP contribution < -0.4 is 0 Å². The molecule has 0 N–H and O–H groups in total. The van der Waals surface area contributed by atoms with Gasteiger partial charge in [0.15, 0.2) is 0 Å². The van der Waals surface area contributed by atoms with E-state index in [1.165, 1.54) is 12.8 Å². The van der Waals surface area contributed by atoms with Gasteiger partial charge < -0.3 is 0 Å². The summed E-state index contributed by atoms with van der Waals surface area (Å²) in [4.78, 5) is 4.26. The third-order valence-electron chi connectivity index (χ3n) is 1.98. The topological polar surface area (TPSA) is 12.9 Å². The van der Waals surface area contributed by atoms with E-state index in [4.69, 9.17) is 11.6 Å². The summed E-state index contributed by atoms with van der Waals surface area (Å²) in [5, 5.41) is 0.711. The van der Waals surface area contributed by atoms with E-state index in [0.29, 0.717) is 10.9 Å². The summed E-state index contributed by atoms with van der Waals surface area (Å²) in [6.45, 7) is 4.38. The van der Waals surface area contributed by atoms with Crippen molar-refractivity contribution in [2.24, 2.45) is 0 Å². The van der Waals surface area contributed by atoms with Gasteiger partial charge >= 0.3 is 0 Å². The number of pyridine rings is 1. The summed E-state index contributed by atoms with van der Waals surface area (Å²) in [6.07, 6.45) is 4.10. The quantitative estimate of drug-likeness (QED) is 0.698. The van der Waals surface area contributed by atoms with Crippen molar-refractivity contribution in [1.82, 2.24) is 4.98 Å². The Morgan fingerprint density at radius 2 is 2.25 bits per heavy atom. The monoisotopic (exact) mass is 183 g/mol. The van der Waals surface area contributed by atoms with Crippen LogP contribution in [-0.4, -0.2) is 4.98 Å². The maximum atomic E-state index is 5.73. The van der Waals surface area contributed by atoms with Crippen LogP contribution in [0.25, 0.3) is 0 Å². The average molecular weight is 184 g/mol. The van der Waals surface area contributed by atoms with Crippen molar-refractivity contribution < 1.29 is 0 Å². The number of rotatable bonds is 3. The predicted octanol–water partition coefficient (Wildman–Crippen LogP) is 3.64. The number of hydrogen-bond donors (Lipinski definition) is 0. The SMILES string of the molecule is CCCC(C)c1ccc(Cl)cn1. The number of nitrogens with zero attached hydrogens (tertiary/aromatic N) is 1. The van der Waals surface area contributed by atoms with Gasteiger partial charge in [-0.15, -0.1) is 0 Å². The van der Waals surface area contributed by atoms with Crippen LogP contribution in [0.3, 0.4) is 0 Å². The van der Waals surface area contributed by atoms with Crippen LogP contribution in [0.15, 0.2) is 18.3 Å². The Bertz CT molecular complexity index is 230. The number of halogens is 1. The first kappa shape index (κ1) is 9.53. The number of aromatic nitrogens is 1. The minimum Gasteiger partial charge on any atom is -0.259 e. The molecule has 0 saturated heterocycles. The molecule has 12 heavy (non-hydrogen) atoms. The van der Waals surface area contributed by atoms with Gasteiger partial charge in [0.2, 0.25) is 0 Å². The Morgan fingerprint density at radius 1 is 1.50 bits per heavy atom. The summed E-state index contributed by atoms with van der Waals surface area (Å²) in [7, 11) is 0. The first-order valence-electron chi connectivity index (χ1n) is 4.35. The van der Waals surface area contributed by atoms with Crippen LogP contribution in [0.2, 0.25) is 5.02 Å². The Labute approximate surface area is 78.8 Å². The largest absolute Gasteiger partial charge is 0.259 e. The summed E-state index contributed by atoms with van der Waals surface area (Å²) < 4.78 is 0. The summed E-state index contributed by atoms with van der Waals surface area (Å²) in [5.41, 5.74) is 1.14. The second-order valence-electron chi connectivity index (χ2n) is 3.09. The molecule has 1 nitrogen and oxygen atoms in total. The predicted molar refractivity (Wildman–Crippen MR) is 52.6 cm³/mol. The Hall–Kier alpha value is -0.560. The molecule has 0 aromatic carbocycles. The van der Waals surface area contributed by atoms with Crippen molar-refractivity contribution in [3.8, 4) is 0 Å². The van der Waals surface area contributed by atoms with Gasteiger partial charge in [-0.2, -0.15) is 0 Å². The van der Waals surface area contributed by atoms with Gasteiger partial charge in [0.1, 0.15) is 0 Å². The molecule has 1 aromatic rings. The highest BCUT2D eigenvalue weighted by Crippen LogP contribution is 2.19. The van der Waals surface area contributed by atoms with Crippen LogP contribution in [-0.2, 0) is 0 Å². The molecule has 0 fully saturated rings. The molecule has 1 unspecified atom stereocenters. The maximum absolute atomic E-state index is 5.73. The Balaban J connectivity index is 2.68. The molecule has 1 heterocycles. The fourth-order valence-electron chi connectivity index (χ4n) is 1.26. The van der Waals surface area contributed by atoms with Gasteiger partial charge in [0.25, 0.3) is 0 Å². The third-order valence-corrected chi connectivity index (χ3v) is 2.20. The van der Waals surface area contributed by atoms with Crippen LogP contribution in [0.1, 0.15) is 38.3 Å². The minimum absolute atomic E-state index is 0.548. The smallest absolute Gasteiger partial charge is 0.0589 e.